The summed E-state index contributed by atoms with van der Waals surface area (Å²) in [6.45, 7) is 4.29. The van der Waals surface area contributed by atoms with Crippen LogP contribution in [0.4, 0.5) is 0 Å². The Bertz CT molecular complexity index is 170. The highest BCUT2D eigenvalue weighted by Crippen LogP contribution is 2.07. The second-order valence-corrected chi connectivity index (χ2v) is 2.37. The van der Waals surface area contributed by atoms with E-state index in [-0.39, 0.29) is 0 Å². The molecule has 2 heteroatoms. The van der Waals surface area contributed by atoms with Gasteiger partial charge in [0.15, 0.2) is 0 Å². The molecule has 1 aromatic rings. The molecule has 0 fully saturated rings. The summed E-state index contributed by atoms with van der Waals surface area (Å²) < 4.78 is 0. The predicted molar refractivity (Wildman–Crippen MR) is 34.9 cm³/mol. The van der Waals surface area contributed by atoms with Gasteiger partial charge < -0.3 is 0 Å². The topological polar surface area (TPSA) is 27.0 Å². The Labute approximate surface area is 55.0 Å². The SMILES string of the molecule is CC(C)c1cnc[nH+]c1. The average Bonchev–Trinajstić information content (AvgIpc) is 1.90. The third kappa shape index (κ3) is 1.49. The first kappa shape index (κ1) is 6.20. The molecule has 1 aromatic heterocycles. The third-order valence-electron chi connectivity index (χ3n) is 1.29. The Balaban J connectivity index is 2.85. The second kappa shape index (κ2) is 2.58. The summed E-state index contributed by atoms with van der Waals surface area (Å²) in [6.07, 6.45) is 5.52. The van der Waals surface area contributed by atoms with Gasteiger partial charge in [0, 0.05) is 5.56 Å². The van der Waals surface area contributed by atoms with Crippen molar-refractivity contribution in [2.45, 2.75) is 19.8 Å². The number of rotatable bonds is 1. The van der Waals surface area contributed by atoms with E-state index in [0.717, 1.165) is 0 Å². The number of aromatic amines is 1. The fourth-order valence-corrected chi connectivity index (χ4v) is 0.653. The minimum Gasteiger partial charge on any atom is -0.250 e. The first-order valence-corrected chi connectivity index (χ1v) is 3.11. The van der Waals surface area contributed by atoms with Gasteiger partial charge in [0.05, 0.1) is 6.20 Å². The second-order valence-electron chi connectivity index (χ2n) is 2.37. The summed E-state index contributed by atoms with van der Waals surface area (Å²) in [7, 11) is 0. The lowest BCUT2D eigenvalue weighted by Gasteiger charge is -1.96. The Morgan fingerprint density at radius 3 is 2.67 bits per heavy atom. The molecule has 0 saturated heterocycles. The molecule has 0 atom stereocenters. The molecule has 2 nitrogen and oxygen atoms in total. The van der Waals surface area contributed by atoms with E-state index in [4.69, 9.17) is 0 Å². The molecule has 0 amide bonds. The fourth-order valence-electron chi connectivity index (χ4n) is 0.653. The zero-order chi connectivity index (χ0) is 6.69. The van der Waals surface area contributed by atoms with Crippen molar-refractivity contribution in [1.29, 1.82) is 0 Å². The van der Waals surface area contributed by atoms with Gasteiger partial charge in [-0.3, -0.25) is 4.98 Å². The molecule has 48 valence electrons. The fraction of sp³-hybridized carbons (Fsp3) is 0.429. The molecule has 0 aromatic carbocycles. The van der Waals surface area contributed by atoms with Crippen molar-refractivity contribution in [3.63, 3.8) is 0 Å². The van der Waals surface area contributed by atoms with Crippen molar-refractivity contribution >= 4 is 0 Å². The lowest BCUT2D eigenvalue weighted by Crippen LogP contribution is -2.03. The number of H-pyrrole nitrogens is 1. The highest BCUT2D eigenvalue weighted by Gasteiger charge is 1.99. The molecule has 0 aliphatic rings. The van der Waals surface area contributed by atoms with E-state index >= 15 is 0 Å². The zero-order valence-electron chi connectivity index (χ0n) is 5.76. The Morgan fingerprint density at radius 1 is 1.56 bits per heavy atom. The minimum atomic E-state index is 0.565. The van der Waals surface area contributed by atoms with Crippen LogP contribution in [-0.2, 0) is 0 Å². The molecule has 0 radical (unpaired) electrons. The van der Waals surface area contributed by atoms with Gasteiger partial charge in [0.2, 0.25) is 0 Å². The van der Waals surface area contributed by atoms with Gasteiger partial charge in [-0.05, 0) is 5.92 Å². The highest BCUT2D eigenvalue weighted by molar-refractivity contribution is 5.04. The van der Waals surface area contributed by atoms with Crippen molar-refractivity contribution < 1.29 is 4.98 Å². The Hall–Kier alpha value is -0.920. The average molecular weight is 123 g/mol. The maximum absolute atomic E-state index is 3.95. The maximum atomic E-state index is 3.95. The van der Waals surface area contributed by atoms with Crippen molar-refractivity contribution in [1.82, 2.24) is 4.98 Å². The van der Waals surface area contributed by atoms with Crippen LogP contribution in [-0.4, -0.2) is 4.98 Å². The summed E-state index contributed by atoms with van der Waals surface area (Å²) in [5.41, 5.74) is 1.25. The van der Waals surface area contributed by atoms with E-state index in [2.05, 4.69) is 23.8 Å². The summed E-state index contributed by atoms with van der Waals surface area (Å²) in [6, 6.07) is 0. The Morgan fingerprint density at radius 2 is 2.33 bits per heavy atom. The van der Waals surface area contributed by atoms with Gasteiger partial charge in [-0.25, -0.2) is 0 Å². The minimum absolute atomic E-state index is 0.565. The normalized spacial score (nSPS) is 10.1. The molecular weight excluding hydrogens is 112 g/mol. The van der Waals surface area contributed by atoms with E-state index < -0.39 is 0 Å². The maximum Gasteiger partial charge on any atom is 0.283 e. The van der Waals surface area contributed by atoms with Gasteiger partial charge >= 0.3 is 0 Å². The van der Waals surface area contributed by atoms with Crippen LogP contribution in [0, 0.1) is 0 Å². The number of aromatic nitrogens is 2. The van der Waals surface area contributed by atoms with Gasteiger partial charge in [-0.15, -0.1) is 0 Å². The van der Waals surface area contributed by atoms with Crippen LogP contribution in [0.15, 0.2) is 18.7 Å². The van der Waals surface area contributed by atoms with Crippen LogP contribution >= 0.6 is 0 Å². The number of nitrogens with one attached hydrogen (secondary N) is 1. The lowest BCUT2D eigenvalue weighted by atomic mass is 10.1. The van der Waals surface area contributed by atoms with Crippen LogP contribution in [0.5, 0.6) is 0 Å². The molecule has 0 aliphatic heterocycles. The van der Waals surface area contributed by atoms with Crippen molar-refractivity contribution in [2.24, 2.45) is 0 Å². The molecule has 1 rings (SSSR count). The zero-order valence-corrected chi connectivity index (χ0v) is 5.76. The van der Waals surface area contributed by atoms with Crippen LogP contribution in [0.3, 0.4) is 0 Å². The van der Waals surface area contributed by atoms with Crippen LogP contribution in [0.2, 0.25) is 0 Å². The van der Waals surface area contributed by atoms with Crippen LogP contribution in [0.25, 0.3) is 0 Å². The van der Waals surface area contributed by atoms with Crippen molar-refractivity contribution in [2.75, 3.05) is 0 Å². The van der Waals surface area contributed by atoms with E-state index in [1.807, 2.05) is 12.4 Å². The van der Waals surface area contributed by atoms with Gasteiger partial charge in [0.25, 0.3) is 6.33 Å². The standard InChI is InChI=1S/C7H10N2/c1-6(2)7-3-8-5-9-4-7/h3-6H,1-2H3/p+1. The monoisotopic (exact) mass is 123 g/mol. The van der Waals surface area contributed by atoms with Crippen LogP contribution < -0.4 is 4.98 Å². The van der Waals surface area contributed by atoms with Gasteiger partial charge in [-0.2, -0.15) is 0 Å². The molecule has 1 N–H and O–H groups in total. The Kier molecular flexibility index (Phi) is 1.78. The summed E-state index contributed by atoms with van der Waals surface area (Å²) in [5.74, 6) is 0.565. The molecule has 0 bridgehead atoms. The van der Waals surface area contributed by atoms with Gasteiger partial charge in [-0.1, -0.05) is 18.8 Å². The largest absolute Gasteiger partial charge is 0.283 e. The number of hydrogen-bond donors (Lipinski definition) is 0. The van der Waals surface area contributed by atoms with Gasteiger partial charge in [0.1, 0.15) is 6.20 Å². The smallest absolute Gasteiger partial charge is 0.250 e. The summed E-state index contributed by atoms with van der Waals surface area (Å²) in [4.78, 5) is 6.88. The molecule has 0 unspecified atom stereocenters. The molecule has 1 heterocycles. The molecular formula is C7H11N2+. The summed E-state index contributed by atoms with van der Waals surface area (Å²) in [5, 5.41) is 0. The molecule has 0 spiro atoms. The highest BCUT2D eigenvalue weighted by atomic mass is 14.8. The number of hydrogen-bond acceptors (Lipinski definition) is 1. The van der Waals surface area contributed by atoms with E-state index in [9.17, 15) is 0 Å². The van der Waals surface area contributed by atoms with E-state index in [0.29, 0.717) is 5.92 Å². The summed E-state index contributed by atoms with van der Waals surface area (Å²) >= 11 is 0. The number of nitrogens with zero attached hydrogens (tertiary/aromatic N) is 1. The van der Waals surface area contributed by atoms with Crippen molar-refractivity contribution in [3.8, 4) is 0 Å². The predicted octanol–water partition coefficient (Wildman–Crippen LogP) is 1.02. The molecule has 0 saturated carbocycles. The van der Waals surface area contributed by atoms with Crippen molar-refractivity contribution in [3.05, 3.63) is 24.3 Å². The molecule has 0 aliphatic carbocycles. The van der Waals surface area contributed by atoms with Crippen LogP contribution in [0.1, 0.15) is 25.3 Å². The third-order valence-corrected chi connectivity index (χ3v) is 1.29. The first-order chi connectivity index (χ1) is 4.30. The first-order valence-electron chi connectivity index (χ1n) is 3.11. The quantitative estimate of drug-likeness (QED) is 0.547. The van der Waals surface area contributed by atoms with E-state index in [1.165, 1.54) is 5.56 Å². The lowest BCUT2D eigenvalue weighted by molar-refractivity contribution is -0.383. The molecule has 9 heavy (non-hydrogen) atoms. The van der Waals surface area contributed by atoms with E-state index in [1.54, 1.807) is 6.33 Å².